The van der Waals surface area contributed by atoms with Crippen LogP contribution in [-0.2, 0) is 11.2 Å². The molecule has 0 bridgehead atoms. The Balaban J connectivity index is 2.04. The Bertz CT molecular complexity index is 432. The van der Waals surface area contributed by atoms with Crippen molar-refractivity contribution in [2.24, 2.45) is 11.7 Å². The van der Waals surface area contributed by atoms with Gasteiger partial charge in [0.05, 0.1) is 6.10 Å². The van der Waals surface area contributed by atoms with Crippen molar-refractivity contribution in [3.8, 4) is 0 Å². The van der Waals surface area contributed by atoms with Crippen LogP contribution in [0.15, 0.2) is 18.2 Å². The average molecular weight is 283 g/mol. The van der Waals surface area contributed by atoms with E-state index in [9.17, 15) is 8.78 Å². The third kappa shape index (κ3) is 3.55. The van der Waals surface area contributed by atoms with Crippen molar-refractivity contribution in [1.29, 1.82) is 0 Å². The highest BCUT2D eigenvalue weighted by atomic mass is 19.2. The number of benzene rings is 1. The zero-order chi connectivity index (χ0) is 14.5. The smallest absolute Gasteiger partial charge is 0.162 e. The van der Waals surface area contributed by atoms with E-state index in [2.05, 4.69) is 0 Å². The molecule has 2 N–H and O–H groups in total. The summed E-state index contributed by atoms with van der Waals surface area (Å²) in [5, 5.41) is 0. The lowest BCUT2D eigenvalue weighted by molar-refractivity contribution is 0.0177. The number of halogens is 2. The Morgan fingerprint density at radius 3 is 2.60 bits per heavy atom. The highest BCUT2D eigenvalue weighted by Crippen LogP contribution is 2.29. The van der Waals surface area contributed by atoms with Crippen LogP contribution in [0.3, 0.4) is 0 Å². The summed E-state index contributed by atoms with van der Waals surface area (Å²) >= 11 is 0. The minimum absolute atomic E-state index is 0.0852. The topological polar surface area (TPSA) is 35.2 Å². The third-order valence-electron chi connectivity index (χ3n) is 4.30. The standard InChI is InChI=1S/C16H23F2NO/c1-20-16(11-6-3-2-4-7-11)14(19)10-12-8-5-9-13(17)15(12)18/h5,8-9,11,14,16H,2-4,6-7,10,19H2,1H3. The van der Waals surface area contributed by atoms with Crippen LogP contribution in [0.2, 0.25) is 0 Å². The second-order valence-electron chi connectivity index (χ2n) is 5.68. The summed E-state index contributed by atoms with van der Waals surface area (Å²) in [6.07, 6.45) is 6.10. The molecule has 2 unspecified atom stereocenters. The van der Waals surface area contributed by atoms with E-state index in [1.54, 1.807) is 13.2 Å². The maximum atomic E-state index is 13.7. The molecule has 2 atom stereocenters. The lowest BCUT2D eigenvalue weighted by atomic mass is 9.81. The maximum absolute atomic E-state index is 13.7. The van der Waals surface area contributed by atoms with Gasteiger partial charge in [0.25, 0.3) is 0 Å². The minimum atomic E-state index is -0.818. The first-order chi connectivity index (χ1) is 9.63. The van der Waals surface area contributed by atoms with Gasteiger partial charge in [-0.3, -0.25) is 0 Å². The zero-order valence-corrected chi connectivity index (χ0v) is 11.9. The second-order valence-corrected chi connectivity index (χ2v) is 5.68. The molecular formula is C16H23F2NO. The van der Waals surface area contributed by atoms with Crippen LogP contribution in [0.1, 0.15) is 37.7 Å². The first-order valence-electron chi connectivity index (χ1n) is 7.34. The Kier molecular flexibility index (Phi) is 5.49. The van der Waals surface area contributed by atoms with E-state index in [4.69, 9.17) is 10.5 Å². The summed E-state index contributed by atoms with van der Waals surface area (Å²) in [6.45, 7) is 0. The van der Waals surface area contributed by atoms with Crippen molar-refractivity contribution in [1.82, 2.24) is 0 Å². The predicted octanol–water partition coefficient (Wildman–Crippen LogP) is 3.43. The third-order valence-corrected chi connectivity index (χ3v) is 4.30. The molecule has 1 saturated carbocycles. The lowest BCUT2D eigenvalue weighted by Crippen LogP contribution is -2.43. The molecule has 0 amide bonds. The molecule has 1 aliphatic rings. The van der Waals surface area contributed by atoms with E-state index < -0.39 is 11.6 Å². The highest BCUT2D eigenvalue weighted by Gasteiger charge is 2.29. The van der Waals surface area contributed by atoms with Gasteiger partial charge in [-0.2, -0.15) is 0 Å². The summed E-state index contributed by atoms with van der Waals surface area (Å²) in [4.78, 5) is 0. The van der Waals surface area contributed by atoms with E-state index in [1.807, 2.05) is 0 Å². The predicted molar refractivity (Wildman–Crippen MR) is 75.4 cm³/mol. The molecule has 4 heteroatoms. The summed E-state index contributed by atoms with van der Waals surface area (Å²) < 4.78 is 32.5. The Hall–Kier alpha value is -1.00. The largest absolute Gasteiger partial charge is 0.380 e. The van der Waals surface area contributed by atoms with Crippen LogP contribution in [0.25, 0.3) is 0 Å². The van der Waals surface area contributed by atoms with Crippen LogP contribution < -0.4 is 5.73 Å². The fraction of sp³-hybridized carbons (Fsp3) is 0.625. The number of methoxy groups -OCH3 is 1. The van der Waals surface area contributed by atoms with Crippen LogP contribution >= 0.6 is 0 Å². The molecule has 0 saturated heterocycles. The molecule has 0 spiro atoms. The van der Waals surface area contributed by atoms with Gasteiger partial charge < -0.3 is 10.5 Å². The van der Waals surface area contributed by atoms with E-state index in [1.165, 1.54) is 25.3 Å². The van der Waals surface area contributed by atoms with Gasteiger partial charge in [0, 0.05) is 13.2 Å². The van der Waals surface area contributed by atoms with Crippen LogP contribution in [0.4, 0.5) is 8.78 Å². The molecular weight excluding hydrogens is 260 g/mol. The maximum Gasteiger partial charge on any atom is 0.162 e. The molecule has 112 valence electrons. The van der Waals surface area contributed by atoms with Crippen molar-refractivity contribution in [3.63, 3.8) is 0 Å². The fourth-order valence-corrected chi connectivity index (χ4v) is 3.26. The summed E-state index contributed by atoms with van der Waals surface area (Å²) in [5.74, 6) is -1.18. The Labute approximate surface area is 119 Å². The van der Waals surface area contributed by atoms with Crippen LogP contribution in [0.5, 0.6) is 0 Å². The molecule has 1 aliphatic carbocycles. The van der Waals surface area contributed by atoms with Crippen molar-refractivity contribution in [2.75, 3.05) is 7.11 Å². The summed E-state index contributed by atoms with van der Waals surface area (Å²) in [5.41, 5.74) is 6.53. The normalized spacial score (nSPS) is 19.8. The van der Waals surface area contributed by atoms with E-state index in [0.29, 0.717) is 17.9 Å². The minimum Gasteiger partial charge on any atom is -0.380 e. The molecule has 2 nitrogen and oxygen atoms in total. The van der Waals surface area contributed by atoms with E-state index in [0.717, 1.165) is 18.9 Å². The van der Waals surface area contributed by atoms with Gasteiger partial charge in [-0.1, -0.05) is 31.4 Å². The monoisotopic (exact) mass is 283 g/mol. The quantitative estimate of drug-likeness (QED) is 0.898. The highest BCUT2D eigenvalue weighted by molar-refractivity contribution is 5.20. The van der Waals surface area contributed by atoms with Crippen molar-refractivity contribution < 1.29 is 13.5 Å². The van der Waals surface area contributed by atoms with Gasteiger partial charge in [0.15, 0.2) is 11.6 Å². The van der Waals surface area contributed by atoms with Crippen LogP contribution in [0, 0.1) is 17.6 Å². The molecule has 1 aromatic carbocycles. The first-order valence-corrected chi connectivity index (χ1v) is 7.34. The number of ether oxygens (including phenoxy) is 1. The van der Waals surface area contributed by atoms with Gasteiger partial charge in [0.1, 0.15) is 0 Å². The van der Waals surface area contributed by atoms with Gasteiger partial charge in [-0.15, -0.1) is 0 Å². The Morgan fingerprint density at radius 2 is 1.95 bits per heavy atom. The Morgan fingerprint density at radius 1 is 1.25 bits per heavy atom. The molecule has 0 radical (unpaired) electrons. The van der Waals surface area contributed by atoms with Gasteiger partial charge >= 0.3 is 0 Å². The fourth-order valence-electron chi connectivity index (χ4n) is 3.26. The lowest BCUT2D eigenvalue weighted by Gasteiger charge is -2.33. The molecule has 0 heterocycles. The van der Waals surface area contributed by atoms with E-state index >= 15 is 0 Å². The molecule has 0 aliphatic heterocycles. The number of hydrogen-bond donors (Lipinski definition) is 1. The summed E-state index contributed by atoms with van der Waals surface area (Å²) in [6, 6.07) is 3.92. The molecule has 20 heavy (non-hydrogen) atoms. The molecule has 1 fully saturated rings. The van der Waals surface area contributed by atoms with Crippen molar-refractivity contribution >= 4 is 0 Å². The van der Waals surface area contributed by atoms with Gasteiger partial charge in [-0.25, -0.2) is 8.78 Å². The number of rotatable bonds is 5. The summed E-state index contributed by atoms with van der Waals surface area (Å²) in [7, 11) is 1.65. The molecule has 1 aromatic rings. The number of hydrogen-bond acceptors (Lipinski definition) is 2. The molecule has 0 aromatic heterocycles. The first kappa shape index (κ1) is 15.4. The van der Waals surface area contributed by atoms with Crippen LogP contribution in [-0.4, -0.2) is 19.3 Å². The van der Waals surface area contributed by atoms with E-state index in [-0.39, 0.29) is 12.1 Å². The van der Waals surface area contributed by atoms with Gasteiger partial charge in [-0.05, 0) is 36.8 Å². The molecule has 2 rings (SSSR count). The zero-order valence-electron chi connectivity index (χ0n) is 11.9. The SMILES string of the molecule is COC(C(N)Cc1cccc(F)c1F)C1CCCCC1. The second kappa shape index (κ2) is 7.14. The van der Waals surface area contributed by atoms with Crippen molar-refractivity contribution in [2.45, 2.75) is 50.7 Å². The number of nitrogens with two attached hydrogens (primary N) is 1. The average Bonchev–Trinajstić information content (AvgIpc) is 2.46. The van der Waals surface area contributed by atoms with Gasteiger partial charge in [0.2, 0.25) is 0 Å². The van der Waals surface area contributed by atoms with Crippen molar-refractivity contribution in [3.05, 3.63) is 35.4 Å².